The SMILES string of the molecule is CCCC(C)CC1(CN2CCC(C)(CN3CC(N4CCN(C)CC4)C3)CC2)CC1. The van der Waals surface area contributed by atoms with Crippen molar-refractivity contribution in [2.24, 2.45) is 16.7 Å². The molecule has 4 heteroatoms. The first kappa shape index (κ1) is 22.0. The number of likely N-dealkylation sites (tertiary alicyclic amines) is 2. The van der Waals surface area contributed by atoms with E-state index < -0.39 is 0 Å². The highest BCUT2D eigenvalue weighted by Crippen LogP contribution is 2.52. The first-order chi connectivity index (χ1) is 13.9. The number of rotatable bonds is 9. The van der Waals surface area contributed by atoms with Crippen molar-refractivity contribution in [3.05, 3.63) is 0 Å². The Morgan fingerprint density at radius 2 is 1.52 bits per heavy atom. The fourth-order valence-corrected chi connectivity index (χ4v) is 6.45. The Labute approximate surface area is 181 Å². The molecule has 29 heavy (non-hydrogen) atoms. The molecule has 4 nitrogen and oxygen atoms in total. The minimum Gasteiger partial charge on any atom is -0.304 e. The van der Waals surface area contributed by atoms with Crippen LogP contribution in [-0.2, 0) is 0 Å². The van der Waals surface area contributed by atoms with Gasteiger partial charge in [0.2, 0.25) is 0 Å². The largest absolute Gasteiger partial charge is 0.304 e. The van der Waals surface area contributed by atoms with Crippen molar-refractivity contribution >= 4 is 0 Å². The summed E-state index contributed by atoms with van der Waals surface area (Å²) in [6, 6.07) is 0.840. The molecule has 0 N–H and O–H groups in total. The molecule has 168 valence electrons. The third kappa shape index (κ3) is 5.75. The molecule has 1 aliphatic carbocycles. The Hall–Kier alpha value is -0.160. The van der Waals surface area contributed by atoms with Crippen molar-refractivity contribution in [2.75, 3.05) is 72.5 Å². The van der Waals surface area contributed by atoms with Crippen LogP contribution in [0.15, 0.2) is 0 Å². The van der Waals surface area contributed by atoms with Gasteiger partial charge in [0.1, 0.15) is 0 Å². The van der Waals surface area contributed by atoms with E-state index in [1.54, 1.807) is 0 Å². The fraction of sp³-hybridized carbons (Fsp3) is 1.00. The van der Waals surface area contributed by atoms with Crippen LogP contribution in [0, 0.1) is 16.7 Å². The maximum absolute atomic E-state index is 2.83. The number of nitrogens with zero attached hydrogens (tertiary/aromatic N) is 4. The standard InChI is InChI=1S/C25H48N4/c1-5-6-22(2)17-25(7-8-25)21-27-11-9-24(3,10-12-27)20-28-18-23(19-28)29-15-13-26(4)14-16-29/h22-23H,5-21H2,1-4H3. The molecule has 3 saturated heterocycles. The predicted octanol–water partition coefficient (Wildman–Crippen LogP) is 3.63. The average Bonchev–Trinajstić information content (AvgIpc) is 3.40. The lowest BCUT2D eigenvalue weighted by atomic mass is 9.78. The number of piperazine rings is 1. The lowest BCUT2D eigenvalue weighted by Gasteiger charge is -2.51. The first-order valence-corrected chi connectivity index (χ1v) is 12.8. The Bertz CT molecular complexity index is 509. The van der Waals surface area contributed by atoms with Gasteiger partial charge in [-0.25, -0.2) is 0 Å². The molecule has 0 aromatic carbocycles. The third-order valence-corrected chi connectivity index (χ3v) is 8.74. The molecular weight excluding hydrogens is 356 g/mol. The summed E-state index contributed by atoms with van der Waals surface area (Å²) in [5.41, 5.74) is 1.26. The molecule has 0 bridgehead atoms. The zero-order chi connectivity index (χ0) is 20.5. The van der Waals surface area contributed by atoms with Crippen LogP contribution < -0.4 is 0 Å². The van der Waals surface area contributed by atoms with E-state index in [1.807, 2.05) is 0 Å². The van der Waals surface area contributed by atoms with Crippen LogP contribution in [0.3, 0.4) is 0 Å². The van der Waals surface area contributed by atoms with Gasteiger partial charge >= 0.3 is 0 Å². The Morgan fingerprint density at radius 1 is 0.862 bits per heavy atom. The third-order valence-electron chi connectivity index (χ3n) is 8.74. The molecule has 0 radical (unpaired) electrons. The Balaban J connectivity index is 1.15. The zero-order valence-electron chi connectivity index (χ0n) is 20.0. The van der Waals surface area contributed by atoms with Crippen molar-refractivity contribution in [3.8, 4) is 0 Å². The molecule has 1 saturated carbocycles. The van der Waals surface area contributed by atoms with E-state index in [1.165, 1.54) is 110 Å². The molecule has 3 aliphatic heterocycles. The smallest absolute Gasteiger partial charge is 0.0351 e. The maximum Gasteiger partial charge on any atom is 0.0351 e. The number of hydrogen-bond donors (Lipinski definition) is 0. The van der Waals surface area contributed by atoms with E-state index in [0.717, 1.165) is 12.0 Å². The van der Waals surface area contributed by atoms with Gasteiger partial charge in [-0.05, 0) is 69.0 Å². The van der Waals surface area contributed by atoms with E-state index in [9.17, 15) is 0 Å². The second-order valence-electron chi connectivity index (χ2n) is 11.9. The molecule has 0 spiro atoms. The summed E-state index contributed by atoms with van der Waals surface area (Å²) in [5.74, 6) is 0.928. The van der Waals surface area contributed by atoms with Crippen LogP contribution in [0.2, 0.25) is 0 Å². The fourth-order valence-electron chi connectivity index (χ4n) is 6.45. The van der Waals surface area contributed by atoms with Crippen LogP contribution in [0.4, 0.5) is 0 Å². The molecule has 0 aromatic rings. The summed E-state index contributed by atoms with van der Waals surface area (Å²) in [4.78, 5) is 10.8. The van der Waals surface area contributed by atoms with Crippen molar-refractivity contribution in [3.63, 3.8) is 0 Å². The molecular formula is C25H48N4. The maximum atomic E-state index is 2.83. The van der Waals surface area contributed by atoms with Crippen LogP contribution in [0.1, 0.15) is 65.7 Å². The van der Waals surface area contributed by atoms with Gasteiger partial charge in [-0.1, -0.05) is 33.6 Å². The summed E-state index contributed by atoms with van der Waals surface area (Å²) in [5, 5.41) is 0. The molecule has 3 heterocycles. The first-order valence-electron chi connectivity index (χ1n) is 12.8. The van der Waals surface area contributed by atoms with Crippen molar-refractivity contribution in [1.82, 2.24) is 19.6 Å². The predicted molar refractivity (Wildman–Crippen MR) is 123 cm³/mol. The van der Waals surface area contributed by atoms with Gasteiger partial charge in [-0.15, -0.1) is 0 Å². The van der Waals surface area contributed by atoms with Gasteiger partial charge < -0.3 is 9.80 Å². The second-order valence-corrected chi connectivity index (χ2v) is 11.9. The van der Waals surface area contributed by atoms with Gasteiger partial charge in [-0.3, -0.25) is 9.80 Å². The highest BCUT2D eigenvalue weighted by molar-refractivity contribution is 4.99. The highest BCUT2D eigenvalue weighted by atomic mass is 15.3. The van der Waals surface area contributed by atoms with Gasteiger partial charge in [0, 0.05) is 58.4 Å². The van der Waals surface area contributed by atoms with E-state index in [4.69, 9.17) is 0 Å². The molecule has 4 fully saturated rings. The molecule has 0 amide bonds. The summed E-state index contributed by atoms with van der Waals surface area (Å²) < 4.78 is 0. The van der Waals surface area contributed by atoms with E-state index in [0.29, 0.717) is 10.8 Å². The monoisotopic (exact) mass is 404 g/mol. The van der Waals surface area contributed by atoms with Gasteiger partial charge in [0.15, 0.2) is 0 Å². The van der Waals surface area contributed by atoms with Crippen LogP contribution in [-0.4, -0.2) is 98.1 Å². The normalized spacial score (nSPS) is 30.2. The van der Waals surface area contributed by atoms with E-state index in [-0.39, 0.29) is 0 Å². The molecule has 4 aliphatic rings. The van der Waals surface area contributed by atoms with Gasteiger partial charge in [0.25, 0.3) is 0 Å². The summed E-state index contributed by atoms with van der Waals surface area (Å²) in [6.07, 6.45) is 10.1. The van der Waals surface area contributed by atoms with Crippen LogP contribution >= 0.6 is 0 Å². The molecule has 1 unspecified atom stereocenters. The van der Waals surface area contributed by atoms with Crippen LogP contribution in [0.5, 0.6) is 0 Å². The van der Waals surface area contributed by atoms with Crippen molar-refractivity contribution in [2.45, 2.75) is 71.8 Å². The van der Waals surface area contributed by atoms with E-state index >= 15 is 0 Å². The minimum atomic E-state index is 0.551. The topological polar surface area (TPSA) is 13.0 Å². The Kier molecular flexibility index (Phi) is 6.95. The number of likely N-dealkylation sites (N-methyl/N-ethyl adjacent to an activating group) is 1. The van der Waals surface area contributed by atoms with Gasteiger partial charge in [-0.2, -0.15) is 0 Å². The molecule has 4 rings (SSSR count). The van der Waals surface area contributed by atoms with Crippen LogP contribution in [0.25, 0.3) is 0 Å². The lowest BCUT2D eigenvalue weighted by Crippen LogP contribution is -2.64. The summed E-state index contributed by atoms with van der Waals surface area (Å²) in [7, 11) is 2.26. The highest BCUT2D eigenvalue weighted by Gasteiger charge is 2.45. The summed E-state index contributed by atoms with van der Waals surface area (Å²) >= 11 is 0. The Morgan fingerprint density at radius 3 is 2.10 bits per heavy atom. The second kappa shape index (κ2) is 9.14. The summed E-state index contributed by atoms with van der Waals surface area (Å²) in [6.45, 7) is 20.5. The van der Waals surface area contributed by atoms with Crippen molar-refractivity contribution in [1.29, 1.82) is 0 Å². The van der Waals surface area contributed by atoms with E-state index in [2.05, 4.69) is 47.4 Å². The van der Waals surface area contributed by atoms with Crippen molar-refractivity contribution < 1.29 is 0 Å². The average molecular weight is 405 g/mol. The minimum absolute atomic E-state index is 0.551. The molecule has 0 aromatic heterocycles. The number of piperidine rings is 1. The quantitative estimate of drug-likeness (QED) is 0.582. The lowest BCUT2D eigenvalue weighted by molar-refractivity contribution is -0.0231. The van der Waals surface area contributed by atoms with Gasteiger partial charge in [0.05, 0.1) is 0 Å². The number of hydrogen-bond acceptors (Lipinski definition) is 4. The zero-order valence-corrected chi connectivity index (χ0v) is 20.0. The molecule has 1 atom stereocenters.